The first-order valence-electron chi connectivity index (χ1n) is 7.65. The normalized spacial score (nSPS) is 23.6. The number of hydrogen-bond acceptors (Lipinski definition) is 3. The van der Waals surface area contributed by atoms with E-state index < -0.39 is 0 Å². The number of carbonyl (C=O) groups excluding carboxylic acids is 1. The molecule has 4 N–H and O–H groups in total. The van der Waals surface area contributed by atoms with Gasteiger partial charge >= 0.3 is 0 Å². The highest BCUT2D eigenvalue weighted by Crippen LogP contribution is 2.25. The van der Waals surface area contributed by atoms with Crippen LogP contribution in [0.2, 0.25) is 0 Å². The lowest BCUT2D eigenvalue weighted by atomic mass is 9.97. The van der Waals surface area contributed by atoms with E-state index >= 15 is 0 Å². The van der Waals surface area contributed by atoms with Crippen LogP contribution in [0.25, 0.3) is 0 Å². The van der Waals surface area contributed by atoms with Gasteiger partial charge in [-0.1, -0.05) is 40.0 Å². The largest absolute Gasteiger partial charge is 0.395 e. The molecule has 0 aliphatic heterocycles. The van der Waals surface area contributed by atoms with Crippen molar-refractivity contribution in [3.8, 4) is 0 Å². The Kier molecular flexibility index (Phi) is 4.68. The number of hydrogen-bond donors (Lipinski definition) is 3. The highest BCUT2D eigenvalue weighted by molar-refractivity contribution is 5.97. The number of nitrogens with zero attached hydrogens (tertiary/aromatic N) is 1. The Morgan fingerprint density at radius 2 is 2.05 bits per heavy atom. The SMILES string of the molecule is CC(C)c1[nH]nc(C(=O)NC2CCCCCC2C)c1N. The Labute approximate surface area is 120 Å². The Balaban J connectivity index is 2.07. The lowest BCUT2D eigenvalue weighted by Crippen LogP contribution is -2.39. The van der Waals surface area contributed by atoms with Gasteiger partial charge in [0.05, 0.1) is 11.4 Å². The van der Waals surface area contributed by atoms with Crippen LogP contribution in [0.1, 0.15) is 75.0 Å². The zero-order valence-corrected chi connectivity index (χ0v) is 12.7. The number of H-pyrrole nitrogens is 1. The van der Waals surface area contributed by atoms with Gasteiger partial charge in [0, 0.05) is 6.04 Å². The fourth-order valence-corrected chi connectivity index (χ4v) is 2.92. The Morgan fingerprint density at radius 3 is 2.70 bits per heavy atom. The van der Waals surface area contributed by atoms with Crippen molar-refractivity contribution in [2.24, 2.45) is 5.92 Å². The van der Waals surface area contributed by atoms with Crippen molar-refractivity contribution in [3.63, 3.8) is 0 Å². The van der Waals surface area contributed by atoms with Crippen molar-refractivity contribution in [2.45, 2.75) is 64.8 Å². The summed E-state index contributed by atoms with van der Waals surface area (Å²) in [4.78, 5) is 12.4. The van der Waals surface area contributed by atoms with Crippen LogP contribution in [-0.2, 0) is 0 Å². The number of nitrogens with two attached hydrogens (primary N) is 1. The van der Waals surface area contributed by atoms with Crippen LogP contribution in [0.4, 0.5) is 5.69 Å². The number of aromatic nitrogens is 2. The monoisotopic (exact) mass is 278 g/mol. The Hall–Kier alpha value is -1.52. The van der Waals surface area contributed by atoms with E-state index in [0.717, 1.165) is 12.1 Å². The first kappa shape index (κ1) is 14.9. The third kappa shape index (κ3) is 3.14. The smallest absolute Gasteiger partial charge is 0.274 e. The number of rotatable bonds is 3. The number of aromatic amines is 1. The highest BCUT2D eigenvalue weighted by atomic mass is 16.2. The Morgan fingerprint density at radius 1 is 1.35 bits per heavy atom. The molecular weight excluding hydrogens is 252 g/mol. The zero-order chi connectivity index (χ0) is 14.7. The lowest BCUT2D eigenvalue weighted by molar-refractivity contribution is 0.0917. The molecule has 0 saturated heterocycles. The van der Waals surface area contributed by atoms with Gasteiger partial charge in [0.2, 0.25) is 0 Å². The standard InChI is InChI=1S/C15H26N4O/c1-9(2)13-12(16)14(19-18-13)15(20)17-11-8-6-4-5-7-10(11)3/h9-11H,4-8,16H2,1-3H3,(H,17,20)(H,18,19). The van der Waals surface area contributed by atoms with Crippen molar-refractivity contribution in [1.29, 1.82) is 0 Å². The van der Waals surface area contributed by atoms with Crippen LogP contribution >= 0.6 is 0 Å². The molecule has 2 rings (SSSR count). The summed E-state index contributed by atoms with van der Waals surface area (Å²) in [5, 5.41) is 10.1. The van der Waals surface area contributed by atoms with E-state index in [0.29, 0.717) is 17.3 Å². The van der Waals surface area contributed by atoms with E-state index in [4.69, 9.17) is 5.73 Å². The van der Waals surface area contributed by atoms with Gasteiger partial charge in [-0.15, -0.1) is 0 Å². The van der Waals surface area contributed by atoms with Crippen molar-refractivity contribution >= 4 is 11.6 Å². The van der Waals surface area contributed by atoms with E-state index in [9.17, 15) is 4.79 Å². The first-order chi connectivity index (χ1) is 9.50. The summed E-state index contributed by atoms with van der Waals surface area (Å²) in [5.41, 5.74) is 7.68. The molecule has 1 heterocycles. The second kappa shape index (κ2) is 6.29. The molecule has 0 spiro atoms. The maximum atomic E-state index is 12.4. The molecule has 1 aromatic heterocycles. The van der Waals surface area contributed by atoms with Crippen molar-refractivity contribution in [2.75, 3.05) is 5.73 Å². The molecule has 1 fully saturated rings. The fourth-order valence-electron chi connectivity index (χ4n) is 2.92. The highest BCUT2D eigenvalue weighted by Gasteiger charge is 2.25. The molecule has 2 unspecified atom stereocenters. The third-order valence-electron chi connectivity index (χ3n) is 4.30. The molecule has 1 amide bonds. The minimum absolute atomic E-state index is 0.149. The molecule has 2 atom stereocenters. The average molecular weight is 278 g/mol. The van der Waals surface area contributed by atoms with Gasteiger partial charge in [-0.25, -0.2) is 0 Å². The molecular formula is C15H26N4O. The average Bonchev–Trinajstić information content (AvgIpc) is 2.67. The number of carbonyl (C=O) groups is 1. The molecule has 112 valence electrons. The van der Waals surface area contributed by atoms with Crippen LogP contribution in [0.15, 0.2) is 0 Å². The molecule has 5 heteroatoms. The van der Waals surface area contributed by atoms with E-state index in [1.807, 2.05) is 13.8 Å². The number of anilines is 1. The maximum absolute atomic E-state index is 12.4. The summed E-state index contributed by atoms with van der Waals surface area (Å²) in [6, 6.07) is 0.239. The van der Waals surface area contributed by atoms with Crippen LogP contribution in [0, 0.1) is 5.92 Å². The summed E-state index contributed by atoms with van der Waals surface area (Å²) in [5.74, 6) is 0.608. The molecule has 20 heavy (non-hydrogen) atoms. The summed E-state index contributed by atoms with van der Waals surface area (Å²) in [7, 11) is 0. The van der Waals surface area contributed by atoms with Gasteiger partial charge in [-0.05, 0) is 24.7 Å². The van der Waals surface area contributed by atoms with Crippen molar-refractivity contribution < 1.29 is 4.79 Å². The predicted molar refractivity (Wildman–Crippen MR) is 80.6 cm³/mol. The van der Waals surface area contributed by atoms with Crippen LogP contribution in [0.3, 0.4) is 0 Å². The molecule has 1 aliphatic carbocycles. The molecule has 1 aromatic rings. The molecule has 0 radical (unpaired) electrons. The van der Waals surface area contributed by atoms with Gasteiger partial charge in [-0.2, -0.15) is 5.10 Å². The number of amides is 1. The predicted octanol–water partition coefficient (Wildman–Crippen LogP) is 2.81. The maximum Gasteiger partial charge on any atom is 0.274 e. The second-order valence-electron chi connectivity index (χ2n) is 6.25. The Bertz CT molecular complexity index is 466. The van der Waals surface area contributed by atoms with Crippen molar-refractivity contribution in [1.82, 2.24) is 15.5 Å². The third-order valence-corrected chi connectivity index (χ3v) is 4.30. The minimum atomic E-state index is -0.149. The van der Waals surface area contributed by atoms with E-state index in [2.05, 4.69) is 22.4 Å². The van der Waals surface area contributed by atoms with Gasteiger partial charge < -0.3 is 11.1 Å². The molecule has 0 bridgehead atoms. The summed E-state index contributed by atoms with van der Waals surface area (Å²) >= 11 is 0. The first-order valence-corrected chi connectivity index (χ1v) is 7.65. The topological polar surface area (TPSA) is 83.8 Å². The summed E-state index contributed by atoms with van der Waals surface area (Å²) in [6.45, 7) is 6.27. The zero-order valence-electron chi connectivity index (χ0n) is 12.7. The molecule has 1 saturated carbocycles. The van der Waals surface area contributed by atoms with Crippen LogP contribution in [-0.4, -0.2) is 22.1 Å². The van der Waals surface area contributed by atoms with E-state index in [1.165, 1.54) is 25.7 Å². The molecule has 5 nitrogen and oxygen atoms in total. The second-order valence-corrected chi connectivity index (χ2v) is 6.25. The molecule has 1 aliphatic rings. The fraction of sp³-hybridized carbons (Fsp3) is 0.733. The van der Waals surface area contributed by atoms with Gasteiger partial charge in [0.1, 0.15) is 0 Å². The van der Waals surface area contributed by atoms with E-state index in [-0.39, 0.29) is 17.9 Å². The van der Waals surface area contributed by atoms with Gasteiger partial charge in [-0.3, -0.25) is 9.89 Å². The quantitative estimate of drug-likeness (QED) is 0.743. The van der Waals surface area contributed by atoms with E-state index in [1.54, 1.807) is 0 Å². The number of nitrogens with one attached hydrogen (secondary N) is 2. The minimum Gasteiger partial charge on any atom is -0.395 e. The summed E-state index contributed by atoms with van der Waals surface area (Å²) < 4.78 is 0. The summed E-state index contributed by atoms with van der Waals surface area (Å²) in [6.07, 6.45) is 5.93. The molecule has 0 aromatic carbocycles. The van der Waals surface area contributed by atoms with Crippen LogP contribution < -0.4 is 11.1 Å². The van der Waals surface area contributed by atoms with Crippen LogP contribution in [0.5, 0.6) is 0 Å². The lowest BCUT2D eigenvalue weighted by Gasteiger charge is -2.22. The van der Waals surface area contributed by atoms with Gasteiger partial charge in [0.15, 0.2) is 5.69 Å². The van der Waals surface area contributed by atoms with Crippen molar-refractivity contribution in [3.05, 3.63) is 11.4 Å². The number of nitrogen functional groups attached to an aromatic ring is 1. The van der Waals surface area contributed by atoms with Gasteiger partial charge in [0.25, 0.3) is 5.91 Å².